The largest absolute Gasteiger partial charge is 0.479 e. The number of halogens is 5. The predicted octanol–water partition coefficient (Wildman–Crippen LogP) is 3.53. The van der Waals surface area contributed by atoms with Gasteiger partial charge in [0.05, 0.1) is 12.2 Å². The maximum atomic E-state index is 13.6. The van der Waals surface area contributed by atoms with E-state index in [2.05, 4.69) is 15.2 Å². The number of rotatable bonds is 6. The zero-order valence-corrected chi connectivity index (χ0v) is 15.2. The molecule has 0 fully saturated rings. The van der Waals surface area contributed by atoms with E-state index in [0.29, 0.717) is 5.69 Å². The molecule has 0 atom stereocenters. The number of hydrogen-bond acceptors (Lipinski definition) is 4. The summed E-state index contributed by atoms with van der Waals surface area (Å²) < 4.78 is 78.0. The molecule has 1 N–H and O–H groups in total. The SMILES string of the molecule is Cc1cc(CNC(=O)c2ccc(COc3c(F)c(F)c(F)c(F)c3F)o2)nn1C. The second-order valence-electron chi connectivity index (χ2n) is 6.04. The summed E-state index contributed by atoms with van der Waals surface area (Å²) in [4.78, 5) is 12.1. The van der Waals surface area contributed by atoms with Crippen LogP contribution in [0.5, 0.6) is 5.75 Å². The molecule has 0 radical (unpaired) electrons. The Kier molecular flexibility index (Phi) is 5.57. The molecule has 11 heteroatoms. The molecule has 0 saturated carbocycles. The average molecular weight is 415 g/mol. The number of carbonyl (C=O) groups excluding carboxylic acids is 1. The molecule has 0 aliphatic carbocycles. The fourth-order valence-corrected chi connectivity index (χ4v) is 2.41. The predicted molar refractivity (Wildman–Crippen MR) is 88.4 cm³/mol. The summed E-state index contributed by atoms with van der Waals surface area (Å²) >= 11 is 0. The van der Waals surface area contributed by atoms with Crippen LogP contribution in [0.4, 0.5) is 22.0 Å². The number of aromatic nitrogens is 2. The second kappa shape index (κ2) is 7.94. The van der Waals surface area contributed by atoms with E-state index < -0.39 is 47.3 Å². The number of ether oxygens (including phenoxy) is 1. The van der Waals surface area contributed by atoms with Crippen LogP contribution in [0, 0.1) is 36.0 Å². The highest BCUT2D eigenvalue weighted by atomic mass is 19.2. The number of furan rings is 1. The Hall–Kier alpha value is -3.37. The summed E-state index contributed by atoms with van der Waals surface area (Å²) in [6.45, 7) is 1.32. The van der Waals surface area contributed by atoms with E-state index in [1.54, 1.807) is 17.8 Å². The molecular formula is C18H14F5N3O3. The van der Waals surface area contributed by atoms with Gasteiger partial charge in [-0.05, 0) is 25.1 Å². The van der Waals surface area contributed by atoms with Gasteiger partial charge in [0.1, 0.15) is 12.4 Å². The Bertz CT molecular complexity index is 1030. The van der Waals surface area contributed by atoms with Crippen LogP contribution < -0.4 is 10.1 Å². The van der Waals surface area contributed by atoms with Crippen LogP contribution in [0.25, 0.3) is 0 Å². The Labute approximate surface area is 160 Å². The maximum absolute atomic E-state index is 13.6. The van der Waals surface area contributed by atoms with Gasteiger partial charge in [0.2, 0.25) is 29.1 Å². The molecule has 0 spiro atoms. The molecule has 154 valence electrons. The first-order chi connectivity index (χ1) is 13.7. The van der Waals surface area contributed by atoms with E-state index in [1.807, 2.05) is 6.92 Å². The molecule has 1 aromatic carbocycles. The lowest BCUT2D eigenvalue weighted by Crippen LogP contribution is -2.22. The molecule has 0 unspecified atom stereocenters. The molecule has 3 rings (SSSR count). The Balaban J connectivity index is 1.64. The fourth-order valence-electron chi connectivity index (χ4n) is 2.41. The summed E-state index contributed by atoms with van der Waals surface area (Å²) in [6.07, 6.45) is 0. The Morgan fingerprint density at radius 3 is 2.31 bits per heavy atom. The van der Waals surface area contributed by atoms with Crippen LogP contribution in [-0.2, 0) is 20.2 Å². The molecular weight excluding hydrogens is 401 g/mol. The third-order valence-corrected chi connectivity index (χ3v) is 4.01. The zero-order valence-electron chi connectivity index (χ0n) is 15.2. The normalized spacial score (nSPS) is 11.0. The number of amides is 1. The fraction of sp³-hybridized carbons (Fsp3) is 0.222. The lowest BCUT2D eigenvalue weighted by Gasteiger charge is -2.09. The monoisotopic (exact) mass is 415 g/mol. The molecule has 0 saturated heterocycles. The van der Waals surface area contributed by atoms with Crippen molar-refractivity contribution in [3.05, 3.63) is 70.2 Å². The number of benzene rings is 1. The maximum Gasteiger partial charge on any atom is 0.287 e. The average Bonchev–Trinajstić information content (AvgIpc) is 3.29. The van der Waals surface area contributed by atoms with Crippen LogP contribution in [0.3, 0.4) is 0 Å². The first-order valence-corrected chi connectivity index (χ1v) is 8.19. The van der Waals surface area contributed by atoms with Crippen LogP contribution >= 0.6 is 0 Å². The van der Waals surface area contributed by atoms with Crippen molar-refractivity contribution in [1.82, 2.24) is 15.1 Å². The smallest absolute Gasteiger partial charge is 0.287 e. The van der Waals surface area contributed by atoms with Crippen molar-refractivity contribution in [3.8, 4) is 5.75 Å². The van der Waals surface area contributed by atoms with Crippen molar-refractivity contribution in [2.45, 2.75) is 20.1 Å². The molecule has 0 bridgehead atoms. The standard InChI is InChI=1S/C18H14F5N3O3/c1-8-5-9(25-26(8)2)6-24-18(27)11-4-3-10(29-11)7-28-17-15(22)13(20)12(19)14(21)16(17)23/h3-5H,6-7H2,1-2H3,(H,24,27). The van der Waals surface area contributed by atoms with Gasteiger partial charge < -0.3 is 14.5 Å². The Morgan fingerprint density at radius 2 is 1.72 bits per heavy atom. The molecule has 0 aliphatic heterocycles. The summed E-state index contributed by atoms with van der Waals surface area (Å²) in [7, 11) is 1.75. The first kappa shape index (κ1) is 20.4. The van der Waals surface area contributed by atoms with Gasteiger partial charge in [0.25, 0.3) is 5.91 Å². The second-order valence-corrected chi connectivity index (χ2v) is 6.04. The zero-order chi connectivity index (χ0) is 21.3. The number of carbonyl (C=O) groups is 1. The van der Waals surface area contributed by atoms with Gasteiger partial charge in [-0.25, -0.2) is 13.2 Å². The number of aryl methyl sites for hydroxylation is 2. The molecule has 2 heterocycles. The number of hydrogen-bond donors (Lipinski definition) is 1. The van der Waals surface area contributed by atoms with E-state index in [1.165, 1.54) is 12.1 Å². The summed E-state index contributed by atoms with van der Waals surface area (Å²) in [5.41, 5.74) is 1.53. The van der Waals surface area contributed by atoms with Gasteiger partial charge in [0.15, 0.2) is 11.5 Å². The van der Waals surface area contributed by atoms with Gasteiger partial charge in [-0.3, -0.25) is 9.48 Å². The van der Waals surface area contributed by atoms with Crippen LogP contribution in [0.2, 0.25) is 0 Å². The minimum absolute atomic E-state index is 0.0622. The number of nitrogens with zero attached hydrogens (tertiary/aromatic N) is 2. The molecule has 29 heavy (non-hydrogen) atoms. The van der Waals surface area contributed by atoms with Gasteiger partial charge >= 0.3 is 0 Å². The molecule has 3 aromatic rings. The molecule has 2 aromatic heterocycles. The quantitative estimate of drug-likeness (QED) is 0.380. The topological polar surface area (TPSA) is 69.3 Å². The minimum atomic E-state index is -2.28. The lowest BCUT2D eigenvalue weighted by molar-refractivity contribution is 0.0918. The van der Waals surface area contributed by atoms with E-state index >= 15 is 0 Å². The van der Waals surface area contributed by atoms with Gasteiger partial charge in [-0.1, -0.05) is 0 Å². The third kappa shape index (κ3) is 4.08. The molecule has 1 amide bonds. The van der Waals surface area contributed by atoms with Crippen LogP contribution in [0.1, 0.15) is 27.7 Å². The van der Waals surface area contributed by atoms with Crippen molar-refractivity contribution in [2.24, 2.45) is 7.05 Å². The van der Waals surface area contributed by atoms with Gasteiger partial charge in [-0.2, -0.15) is 13.9 Å². The summed E-state index contributed by atoms with van der Waals surface area (Å²) in [5.74, 6) is -12.9. The minimum Gasteiger partial charge on any atom is -0.479 e. The van der Waals surface area contributed by atoms with E-state index in [0.717, 1.165) is 5.69 Å². The highest BCUT2D eigenvalue weighted by molar-refractivity contribution is 5.91. The summed E-state index contributed by atoms with van der Waals surface area (Å²) in [6, 6.07) is 4.33. The van der Waals surface area contributed by atoms with Gasteiger partial charge in [0, 0.05) is 12.7 Å². The highest BCUT2D eigenvalue weighted by Crippen LogP contribution is 2.29. The molecule has 0 aliphatic rings. The van der Waals surface area contributed by atoms with Crippen molar-refractivity contribution in [1.29, 1.82) is 0 Å². The van der Waals surface area contributed by atoms with E-state index in [4.69, 9.17) is 4.42 Å². The van der Waals surface area contributed by atoms with Crippen LogP contribution in [-0.4, -0.2) is 15.7 Å². The van der Waals surface area contributed by atoms with E-state index in [-0.39, 0.29) is 18.1 Å². The lowest BCUT2D eigenvalue weighted by atomic mass is 10.2. The van der Waals surface area contributed by atoms with Gasteiger partial charge in [-0.15, -0.1) is 0 Å². The van der Waals surface area contributed by atoms with E-state index in [9.17, 15) is 26.7 Å². The van der Waals surface area contributed by atoms with Crippen molar-refractivity contribution in [3.63, 3.8) is 0 Å². The van der Waals surface area contributed by atoms with Crippen molar-refractivity contribution in [2.75, 3.05) is 0 Å². The first-order valence-electron chi connectivity index (χ1n) is 8.19. The van der Waals surface area contributed by atoms with Crippen LogP contribution in [0.15, 0.2) is 22.6 Å². The Morgan fingerprint density at radius 1 is 1.10 bits per heavy atom. The third-order valence-electron chi connectivity index (χ3n) is 4.01. The summed E-state index contributed by atoms with van der Waals surface area (Å²) in [5, 5.41) is 6.75. The number of nitrogens with one attached hydrogen (secondary N) is 1. The van der Waals surface area contributed by atoms with Crippen molar-refractivity contribution < 1.29 is 35.9 Å². The van der Waals surface area contributed by atoms with Crippen molar-refractivity contribution >= 4 is 5.91 Å². The molecule has 6 nitrogen and oxygen atoms in total. The highest BCUT2D eigenvalue weighted by Gasteiger charge is 2.27.